The van der Waals surface area contributed by atoms with Crippen molar-refractivity contribution in [3.05, 3.63) is 29.8 Å². The van der Waals surface area contributed by atoms with Gasteiger partial charge >= 0.3 is 0 Å². The summed E-state index contributed by atoms with van der Waals surface area (Å²) < 4.78 is 5.39. The van der Waals surface area contributed by atoms with E-state index in [1.165, 1.54) is 12.0 Å². The zero-order valence-corrected chi connectivity index (χ0v) is 10.8. The molecule has 0 saturated heterocycles. The van der Waals surface area contributed by atoms with Gasteiger partial charge in [-0.25, -0.2) is 0 Å². The van der Waals surface area contributed by atoms with Crippen LogP contribution < -0.4 is 10.1 Å². The number of hydrogen-bond donors (Lipinski definition) is 1. The summed E-state index contributed by atoms with van der Waals surface area (Å²) in [5.41, 5.74) is 1.26. The van der Waals surface area contributed by atoms with Crippen molar-refractivity contribution in [3.8, 4) is 5.75 Å². The van der Waals surface area contributed by atoms with E-state index in [-0.39, 0.29) is 0 Å². The molecule has 0 fully saturated rings. The lowest BCUT2D eigenvalue weighted by molar-refractivity contribution is 0.392. The van der Waals surface area contributed by atoms with Gasteiger partial charge in [-0.3, -0.25) is 0 Å². The quantitative estimate of drug-likeness (QED) is 0.795. The highest BCUT2D eigenvalue weighted by Gasteiger charge is 2.13. The van der Waals surface area contributed by atoms with Gasteiger partial charge in [0.05, 0.1) is 7.11 Å². The molecule has 0 aliphatic rings. The van der Waals surface area contributed by atoms with Gasteiger partial charge in [-0.05, 0) is 31.9 Å². The van der Waals surface area contributed by atoms with Crippen LogP contribution in [0, 0.1) is 5.92 Å². The van der Waals surface area contributed by atoms with Crippen LogP contribution in [0.5, 0.6) is 5.75 Å². The first-order chi connectivity index (χ1) is 7.69. The molecule has 1 N–H and O–H groups in total. The molecule has 0 heterocycles. The number of benzene rings is 1. The Balaban J connectivity index is 2.77. The van der Waals surface area contributed by atoms with E-state index < -0.39 is 0 Å². The fourth-order valence-electron chi connectivity index (χ4n) is 1.91. The minimum Gasteiger partial charge on any atom is -0.496 e. The predicted molar refractivity (Wildman–Crippen MR) is 68.9 cm³/mol. The molecule has 1 aromatic rings. The first-order valence-electron chi connectivity index (χ1n) is 5.99. The van der Waals surface area contributed by atoms with Crippen LogP contribution >= 0.6 is 0 Å². The third-order valence-corrected chi connectivity index (χ3v) is 2.90. The van der Waals surface area contributed by atoms with Crippen LogP contribution in [0.15, 0.2) is 24.3 Å². The van der Waals surface area contributed by atoms with Gasteiger partial charge < -0.3 is 10.1 Å². The molecular formula is C14H23NO. The van der Waals surface area contributed by atoms with E-state index in [1.54, 1.807) is 7.11 Å². The molecule has 0 spiro atoms. The monoisotopic (exact) mass is 221 g/mol. The van der Waals surface area contributed by atoms with Crippen molar-refractivity contribution in [1.82, 2.24) is 5.32 Å². The molecule has 2 nitrogen and oxygen atoms in total. The minimum atomic E-state index is 0.388. The Morgan fingerprint density at radius 2 is 1.88 bits per heavy atom. The lowest BCUT2D eigenvalue weighted by atomic mass is 9.97. The average molecular weight is 221 g/mol. The standard InChI is InChI=1S/C14H23NO/c1-11(2)9-10-13(15-3)12-7-5-6-8-14(12)16-4/h5-8,11,13,15H,9-10H2,1-4H3. The average Bonchev–Trinajstić information content (AvgIpc) is 2.30. The van der Waals surface area contributed by atoms with Crippen LogP contribution in [0.2, 0.25) is 0 Å². The molecule has 0 aromatic heterocycles. The third kappa shape index (κ3) is 3.53. The number of rotatable bonds is 6. The number of ether oxygens (including phenoxy) is 1. The van der Waals surface area contributed by atoms with Gasteiger partial charge in [-0.1, -0.05) is 32.0 Å². The van der Waals surface area contributed by atoms with Crippen molar-refractivity contribution in [3.63, 3.8) is 0 Å². The van der Waals surface area contributed by atoms with E-state index >= 15 is 0 Å². The van der Waals surface area contributed by atoms with E-state index in [9.17, 15) is 0 Å². The van der Waals surface area contributed by atoms with E-state index in [0.29, 0.717) is 6.04 Å². The van der Waals surface area contributed by atoms with E-state index in [1.807, 2.05) is 19.2 Å². The van der Waals surface area contributed by atoms with Gasteiger partial charge in [0.15, 0.2) is 0 Å². The van der Waals surface area contributed by atoms with Crippen LogP contribution in [-0.2, 0) is 0 Å². The second-order valence-electron chi connectivity index (χ2n) is 4.55. The van der Waals surface area contributed by atoms with Crippen LogP contribution in [-0.4, -0.2) is 14.2 Å². The lowest BCUT2D eigenvalue weighted by Crippen LogP contribution is -2.17. The van der Waals surface area contributed by atoms with E-state index in [2.05, 4.69) is 31.3 Å². The summed E-state index contributed by atoms with van der Waals surface area (Å²) >= 11 is 0. The molecule has 0 aliphatic carbocycles. The second-order valence-corrected chi connectivity index (χ2v) is 4.55. The Bertz CT molecular complexity index is 309. The Labute approximate surface area is 99.0 Å². The maximum Gasteiger partial charge on any atom is 0.123 e. The largest absolute Gasteiger partial charge is 0.496 e. The van der Waals surface area contributed by atoms with Crippen LogP contribution in [0.25, 0.3) is 0 Å². The molecule has 0 amide bonds. The number of methoxy groups -OCH3 is 1. The topological polar surface area (TPSA) is 21.3 Å². The fraction of sp³-hybridized carbons (Fsp3) is 0.571. The van der Waals surface area contributed by atoms with Gasteiger partial charge in [0.25, 0.3) is 0 Å². The van der Waals surface area contributed by atoms with Gasteiger partial charge in [-0.2, -0.15) is 0 Å². The first kappa shape index (κ1) is 13.0. The predicted octanol–water partition coefficient (Wildman–Crippen LogP) is 3.39. The molecule has 1 aromatic carbocycles. The summed E-state index contributed by atoms with van der Waals surface area (Å²) in [6, 6.07) is 8.63. The van der Waals surface area contributed by atoms with Gasteiger partial charge in [-0.15, -0.1) is 0 Å². The van der Waals surface area contributed by atoms with Crippen molar-refractivity contribution < 1.29 is 4.74 Å². The fourth-order valence-corrected chi connectivity index (χ4v) is 1.91. The highest BCUT2D eigenvalue weighted by Crippen LogP contribution is 2.28. The molecule has 0 aliphatic heterocycles. The minimum absolute atomic E-state index is 0.388. The Kier molecular flexibility index (Phi) is 5.33. The smallest absolute Gasteiger partial charge is 0.123 e. The molecule has 1 unspecified atom stereocenters. The Morgan fingerprint density at radius 3 is 2.44 bits per heavy atom. The maximum absolute atomic E-state index is 5.39. The highest BCUT2D eigenvalue weighted by molar-refractivity contribution is 5.35. The summed E-state index contributed by atoms with van der Waals surface area (Å²) in [4.78, 5) is 0. The number of para-hydroxylation sites is 1. The second kappa shape index (κ2) is 6.54. The molecule has 16 heavy (non-hydrogen) atoms. The number of nitrogens with one attached hydrogen (secondary N) is 1. The molecule has 90 valence electrons. The Morgan fingerprint density at radius 1 is 1.19 bits per heavy atom. The van der Waals surface area contributed by atoms with Crippen molar-refractivity contribution >= 4 is 0 Å². The zero-order valence-electron chi connectivity index (χ0n) is 10.8. The first-order valence-corrected chi connectivity index (χ1v) is 5.99. The normalized spacial score (nSPS) is 12.8. The van der Waals surface area contributed by atoms with Crippen molar-refractivity contribution in [1.29, 1.82) is 0 Å². The maximum atomic E-state index is 5.39. The molecule has 0 saturated carbocycles. The third-order valence-electron chi connectivity index (χ3n) is 2.90. The van der Waals surface area contributed by atoms with E-state index in [0.717, 1.165) is 18.1 Å². The molecule has 0 bridgehead atoms. The van der Waals surface area contributed by atoms with Crippen molar-refractivity contribution in [2.24, 2.45) is 5.92 Å². The van der Waals surface area contributed by atoms with Crippen LogP contribution in [0.3, 0.4) is 0 Å². The van der Waals surface area contributed by atoms with Gasteiger partial charge in [0.2, 0.25) is 0 Å². The van der Waals surface area contributed by atoms with Crippen LogP contribution in [0.4, 0.5) is 0 Å². The highest BCUT2D eigenvalue weighted by atomic mass is 16.5. The summed E-state index contributed by atoms with van der Waals surface area (Å²) in [5, 5.41) is 3.37. The zero-order chi connectivity index (χ0) is 12.0. The lowest BCUT2D eigenvalue weighted by Gasteiger charge is -2.20. The molecule has 1 rings (SSSR count). The van der Waals surface area contributed by atoms with Crippen molar-refractivity contribution in [2.45, 2.75) is 32.7 Å². The van der Waals surface area contributed by atoms with Gasteiger partial charge in [0.1, 0.15) is 5.75 Å². The molecule has 0 radical (unpaired) electrons. The summed E-state index contributed by atoms with van der Waals surface area (Å²) in [5.74, 6) is 1.72. The molecule has 1 atom stereocenters. The van der Waals surface area contributed by atoms with Gasteiger partial charge in [0, 0.05) is 11.6 Å². The Hall–Kier alpha value is -1.02. The molecule has 2 heteroatoms. The van der Waals surface area contributed by atoms with Crippen LogP contribution in [0.1, 0.15) is 38.3 Å². The SMILES string of the molecule is CNC(CCC(C)C)c1ccccc1OC. The van der Waals surface area contributed by atoms with Crippen molar-refractivity contribution in [2.75, 3.05) is 14.2 Å². The van der Waals surface area contributed by atoms with E-state index in [4.69, 9.17) is 4.74 Å². The molecular weight excluding hydrogens is 198 g/mol. The number of hydrogen-bond acceptors (Lipinski definition) is 2. The summed E-state index contributed by atoms with van der Waals surface area (Å²) in [6.07, 6.45) is 2.37. The summed E-state index contributed by atoms with van der Waals surface area (Å²) in [7, 11) is 3.74. The summed E-state index contributed by atoms with van der Waals surface area (Å²) in [6.45, 7) is 4.52.